The number of allylic oxidation sites excluding steroid dienone is 4. The Hall–Kier alpha value is -1.78. The Balaban J connectivity index is 1.60. The maximum atomic E-state index is 17.1. The van der Waals surface area contributed by atoms with Crippen molar-refractivity contribution in [2.24, 2.45) is 28.6 Å². The van der Waals surface area contributed by atoms with Crippen molar-refractivity contribution in [1.82, 2.24) is 0 Å². The largest absolute Gasteiger partial charge is 0.392 e. The van der Waals surface area contributed by atoms with E-state index >= 15 is 4.39 Å². The van der Waals surface area contributed by atoms with E-state index in [4.69, 9.17) is 0 Å². The fourth-order valence-electron chi connectivity index (χ4n) is 7.60. The second-order valence-electron chi connectivity index (χ2n) is 10.4. The summed E-state index contributed by atoms with van der Waals surface area (Å²) in [4.78, 5) is 11.9. The molecule has 5 rings (SSSR count). The maximum Gasteiger partial charge on any atom is 0.178 e. The number of hydrogen-bond donors (Lipinski definition) is 2. The molecular weight excluding hydrogens is 379 g/mol. The molecular formula is C26H31FO3. The van der Waals surface area contributed by atoms with Gasteiger partial charge in [0.25, 0.3) is 0 Å². The lowest BCUT2D eigenvalue weighted by Gasteiger charge is -2.62. The highest BCUT2D eigenvalue weighted by Gasteiger charge is 2.72. The number of hydrogen-bond acceptors (Lipinski definition) is 3. The van der Waals surface area contributed by atoms with E-state index in [2.05, 4.69) is 19.1 Å². The van der Waals surface area contributed by atoms with E-state index < -0.39 is 28.7 Å². The van der Waals surface area contributed by atoms with Crippen LogP contribution >= 0.6 is 0 Å². The number of carbonyl (C=O) groups is 1. The highest BCUT2D eigenvalue weighted by atomic mass is 19.1. The van der Waals surface area contributed by atoms with Crippen LogP contribution in [0.15, 0.2) is 54.1 Å². The molecule has 0 saturated heterocycles. The van der Waals surface area contributed by atoms with E-state index in [-0.39, 0.29) is 30.0 Å². The molecule has 2 N–H and O–H groups in total. The predicted octanol–water partition coefficient (Wildman–Crippen LogP) is 4.19. The van der Waals surface area contributed by atoms with Crippen molar-refractivity contribution in [3.63, 3.8) is 0 Å². The molecule has 0 spiro atoms. The summed E-state index contributed by atoms with van der Waals surface area (Å²) < 4.78 is 17.1. The number of carbonyl (C=O) groups excluding carboxylic acids is 1. The highest BCUT2D eigenvalue weighted by Crippen LogP contribution is 2.69. The zero-order valence-corrected chi connectivity index (χ0v) is 17.7. The Kier molecular flexibility index (Phi) is 4.44. The molecule has 3 nitrogen and oxygen atoms in total. The molecule has 0 unspecified atom stereocenters. The van der Waals surface area contributed by atoms with Gasteiger partial charge < -0.3 is 10.2 Å². The van der Waals surface area contributed by atoms with Crippen LogP contribution in [0.25, 0.3) is 0 Å². The van der Waals surface area contributed by atoms with Crippen LogP contribution in [0, 0.1) is 28.6 Å². The third-order valence-corrected chi connectivity index (χ3v) is 9.04. The van der Waals surface area contributed by atoms with Crippen LogP contribution in [0.3, 0.4) is 0 Å². The lowest BCUT2D eigenvalue weighted by atomic mass is 9.45. The van der Waals surface area contributed by atoms with Crippen LogP contribution in [0.2, 0.25) is 0 Å². The van der Waals surface area contributed by atoms with Crippen LogP contribution in [-0.2, 0) is 11.2 Å². The summed E-state index contributed by atoms with van der Waals surface area (Å²) >= 11 is 0. The van der Waals surface area contributed by atoms with Crippen molar-refractivity contribution in [2.45, 2.75) is 63.8 Å². The van der Waals surface area contributed by atoms with Crippen molar-refractivity contribution >= 4 is 5.78 Å². The van der Waals surface area contributed by atoms with Crippen LogP contribution < -0.4 is 0 Å². The number of fused-ring (bicyclic) bond motifs is 5. The average molecular weight is 411 g/mol. The number of rotatable bonds is 2. The fraction of sp³-hybridized carbons (Fsp3) is 0.577. The predicted molar refractivity (Wildman–Crippen MR) is 113 cm³/mol. The number of benzene rings is 1. The van der Waals surface area contributed by atoms with Gasteiger partial charge >= 0.3 is 0 Å². The first-order valence-corrected chi connectivity index (χ1v) is 11.3. The normalized spacial score (nSPS) is 47.3. The van der Waals surface area contributed by atoms with Crippen molar-refractivity contribution in [1.29, 1.82) is 0 Å². The molecule has 0 radical (unpaired) electrons. The van der Waals surface area contributed by atoms with Crippen LogP contribution in [0.5, 0.6) is 0 Å². The van der Waals surface area contributed by atoms with E-state index in [0.29, 0.717) is 19.3 Å². The van der Waals surface area contributed by atoms with Crippen molar-refractivity contribution in [3.8, 4) is 0 Å². The zero-order valence-electron chi connectivity index (χ0n) is 17.7. The number of aliphatic hydroxyl groups is 2. The summed E-state index contributed by atoms with van der Waals surface area (Å²) in [7, 11) is 0. The summed E-state index contributed by atoms with van der Waals surface area (Å²) in [6, 6.07) is 10.1. The van der Waals surface area contributed by atoms with Crippen molar-refractivity contribution in [3.05, 3.63) is 59.7 Å². The first kappa shape index (κ1) is 20.1. The molecule has 1 aromatic rings. The third kappa shape index (κ3) is 2.47. The van der Waals surface area contributed by atoms with Gasteiger partial charge in [0.1, 0.15) is 0 Å². The zero-order chi connectivity index (χ0) is 21.3. The average Bonchev–Trinajstić information content (AvgIpc) is 2.95. The minimum atomic E-state index is -1.83. The second-order valence-corrected chi connectivity index (χ2v) is 10.4. The molecule has 0 aromatic heterocycles. The Bertz CT molecular complexity index is 923. The lowest BCUT2D eigenvalue weighted by molar-refractivity contribution is -0.205. The van der Waals surface area contributed by atoms with Gasteiger partial charge in [0.15, 0.2) is 11.5 Å². The molecule has 4 heteroatoms. The fourth-order valence-corrected chi connectivity index (χ4v) is 7.60. The van der Waals surface area contributed by atoms with Crippen LogP contribution in [0.1, 0.15) is 45.1 Å². The van der Waals surface area contributed by atoms with Gasteiger partial charge in [-0.05, 0) is 68.6 Å². The Morgan fingerprint density at radius 3 is 2.63 bits per heavy atom. The van der Waals surface area contributed by atoms with Crippen LogP contribution in [0.4, 0.5) is 4.39 Å². The minimum absolute atomic E-state index is 0.000471. The smallest absolute Gasteiger partial charge is 0.178 e. The monoisotopic (exact) mass is 410 g/mol. The van der Waals surface area contributed by atoms with Gasteiger partial charge in [-0.15, -0.1) is 0 Å². The molecule has 4 aliphatic carbocycles. The summed E-state index contributed by atoms with van der Waals surface area (Å²) in [6.45, 7) is 3.90. The number of alkyl halides is 1. The van der Waals surface area contributed by atoms with Gasteiger partial charge in [-0.3, -0.25) is 4.79 Å². The Morgan fingerprint density at radius 1 is 1.17 bits per heavy atom. The van der Waals surface area contributed by atoms with E-state index in [1.54, 1.807) is 12.2 Å². The van der Waals surface area contributed by atoms with Crippen molar-refractivity contribution < 1.29 is 19.4 Å². The molecule has 3 saturated carbocycles. The van der Waals surface area contributed by atoms with Crippen LogP contribution in [-0.4, -0.2) is 33.9 Å². The Labute approximate surface area is 177 Å². The highest BCUT2D eigenvalue weighted by molar-refractivity contribution is 6.01. The summed E-state index contributed by atoms with van der Waals surface area (Å²) in [5.74, 6) is -0.371. The molecule has 0 aliphatic heterocycles. The van der Waals surface area contributed by atoms with E-state index in [1.807, 2.05) is 25.1 Å². The maximum absolute atomic E-state index is 17.1. The van der Waals surface area contributed by atoms with Gasteiger partial charge in [-0.25, -0.2) is 4.39 Å². The first-order chi connectivity index (χ1) is 14.2. The summed E-state index contributed by atoms with van der Waals surface area (Å²) in [5, 5.41) is 22.7. The third-order valence-electron chi connectivity index (χ3n) is 9.04. The second kappa shape index (κ2) is 6.61. The minimum Gasteiger partial charge on any atom is -0.392 e. The molecule has 30 heavy (non-hydrogen) atoms. The summed E-state index contributed by atoms with van der Waals surface area (Å²) in [5.41, 5.74) is -1.40. The standard InChI is InChI=1S/C26H31FO3/c1-16-12-21-20-9-8-18-13-19(28)10-11-24(18,2)26(20,27)22(29)15-25(21,23(16)30)14-17-6-4-3-5-7-17/h3-7,10-11,13,16,20-23,29-30H,8-9,12,14-15H2,1-2H3/t16-,20-,21-,22-,23+,24-,25-,26-/m0/s1. The van der Waals surface area contributed by atoms with Gasteiger partial charge in [0, 0.05) is 16.7 Å². The molecule has 0 heterocycles. The van der Waals surface area contributed by atoms with Crippen molar-refractivity contribution in [2.75, 3.05) is 0 Å². The van der Waals surface area contributed by atoms with E-state index in [1.165, 1.54) is 6.08 Å². The van der Waals surface area contributed by atoms with Gasteiger partial charge in [-0.1, -0.05) is 48.9 Å². The van der Waals surface area contributed by atoms with E-state index in [0.717, 1.165) is 17.6 Å². The molecule has 0 bridgehead atoms. The van der Waals surface area contributed by atoms with E-state index in [9.17, 15) is 15.0 Å². The first-order valence-electron chi connectivity index (χ1n) is 11.3. The molecule has 160 valence electrons. The lowest BCUT2D eigenvalue weighted by Crippen LogP contribution is -2.67. The topological polar surface area (TPSA) is 57.5 Å². The van der Waals surface area contributed by atoms with Gasteiger partial charge in [0.05, 0.1) is 12.2 Å². The molecule has 1 aromatic carbocycles. The summed E-state index contributed by atoms with van der Waals surface area (Å²) in [6.07, 6.45) is 5.92. The SMILES string of the molecule is C[C@H]1C[C@H]2[C@@H]3CCC4=CC(=O)C=C[C@]4(C)[C@@]3(F)[C@@H](O)C[C@]2(Cc2ccccc2)[C@@H]1O. The molecule has 4 aliphatic rings. The van der Waals surface area contributed by atoms with Gasteiger partial charge in [-0.2, -0.15) is 0 Å². The quantitative estimate of drug-likeness (QED) is 0.769. The molecule has 0 amide bonds. The molecule has 3 fully saturated rings. The Morgan fingerprint density at radius 2 is 1.90 bits per heavy atom. The van der Waals surface area contributed by atoms with Gasteiger partial charge in [0.2, 0.25) is 0 Å². The number of ketones is 1. The number of halogens is 1. The number of aliphatic hydroxyl groups excluding tert-OH is 2. The molecule has 8 atom stereocenters.